The Morgan fingerprint density at radius 1 is 1.39 bits per heavy atom. The Morgan fingerprint density at radius 2 is 2.06 bits per heavy atom. The van der Waals surface area contributed by atoms with E-state index in [1.165, 1.54) is 0 Å². The smallest absolute Gasteiger partial charge is 0.0782 e. The standard InChI is InChI=1S/C14H22BrNOS/c1-10(7-8-18-4)16(3)14-6-5-12(15)9-13(14)11(2)17/h5-6,9-11,17H,7-8H2,1-4H3. The molecule has 0 spiro atoms. The fourth-order valence-electron chi connectivity index (χ4n) is 1.90. The molecule has 1 N–H and O–H groups in total. The summed E-state index contributed by atoms with van der Waals surface area (Å²) in [5, 5.41) is 9.88. The maximum atomic E-state index is 9.88. The van der Waals surface area contributed by atoms with Gasteiger partial charge in [-0.25, -0.2) is 0 Å². The average molecular weight is 332 g/mol. The van der Waals surface area contributed by atoms with Crippen LogP contribution in [0.1, 0.15) is 31.9 Å². The van der Waals surface area contributed by atoms with Crippen molar-refractivity contribution in [1.29, 1.82) is 0 Å². The molecule has 102 valence electrons. The average Bonchev–Trinajstić information content (AvgIpc) is 2.34. The zero-order chi connectivity index (χ0) is 13.7. The molecule has 2 unspecified atom stereocenters. The molecule has 18 heavy (non-hydrogen) atoms. The monoisotopic (exact) mass is 331 g/mol. The minimum Gasteiger partial charge on any atom is -0.389 e. The molecular weight excluding hydrogens is 310 g/mol. The van der Waals surface area contributed by atoms with Crippen LogP contribution in [0.4, 0.5) is 5.69 Å². The highest BCUT2D eigenvalue weighted by atomic mass is 79.9. The Morgan fingerprint density at radius 3 is 2.61 bits per heavy atom. The molecule has 0 bridgehead atoms. The lowest BCUT2D eigenvalue weighted by Crippen LogP contribution is -2.30. The van der Waals surface area contributed by atoms with E-state index >= 15 is 0 Å². The lowest BCUT2D eigenvalue weighted by molar-refractivity contribution is 0.199. The minimum absolute atomic E-state index is 0.451. The van der Waals surface area contributed by atoms with E-state index in [2.05, 4.69) is 47.1 Å². The fraction of sp³-hybridized carbons (Fsp3) is 0.571. The SMILES string of the molecule is CSCCC(C)N(C)c1ccc(Br)cc1C(C)O. The molecule has 0 aliphatic carbocycles. The van der Waals surface area contributed by atoms with E-state index in [1.807, 2.05) is 30.8 Å². The molecule has 0 aliphatic heterocycles. The van der Waals surface area contributed by atoms with Crippen molar-refractivity contribution in [3.63, 3.8) is 0 Å². The number of hydrogen-bond donors (Lipinski definition) is 1. The summed E-state index contributed by atoms with van der Waals surface area (Å²) in [4.78, 5) is 2.25. The van der Waals surface area contributed by atoms with Crippen LogP contribution in [-0.2, 0) is 0 Å². The van der Waals surface area contributed by atoms with Gasteiger partial charge in [0.2, 0.25) is 0 Å². The third kappa shape index (κ3) is 4.18. The molecule has 0 radical (unpaired) electrons. The molecule has 0 heterocycles. The van der Waals surface area contributed by atoms with Gasteiger partial charge in [0, 0.05) is 28.8 Å². The van der Waals surface area contributed by atoms with Crippen molar-refractivity contribution >= 4 is 33.4 Å². The van der Waals surface area contributed by atoms with Gasteiger partial charge >= 0.3 is 0 Å². The number of nitrogens with zero attached hydrogens (tertiary/aromatic N) is 1. The summed E-state index contributed by atoms with van der Waals surface area (Å²) >= 11 is 5.33. The number of aliphatic hydroxyl groups is 1. The summed E-state index contributed by atoms with van der Waals surface area (Å²) in [6, 6.07) is 6.56. The number of thioether (sulfide) groups is 1. The Hall–Kier alpha value is -0.190. The molecule has 1 aromatic rings. The van der Waals surface area contributed by atoms with Gasteiger partial charge < -0.3 is 10.0 Å². The van der Waals surface area contributed by atoms with Crippen LogP contribution in [0.25, 0.3) is 0 Å². The summed E-state index contributed by atoms with van der Waals surface area (Å²) in [7, 11) is 2.10. The normalized spacial score (nSPS) is 14.3. The van der Waals surface area contributed by atoms with Crippen molar-refractivity contribution < 1.29 is 5.11 Å². The van der Waals surface area contributed by atoms with Crippen molar-refractivity contribution in [3.8, 4) is 0 Å². The molecule has 0 aliphatic rings. The molecule has 2 atom stereocenters. The molecule has 1 rings (SSSR count). The third-order valence-electron chi connectivity index (χ3n) is 3.22. The van der Waals surface area contributed by atoms with E-state index < -0.39 is 6.10 Å². The van der Waals surface area contributed by atoms with Crippen molar-refractivity contribution in [2.45, 2.75) is 32.4 Å². The highest BCUT2D eigenvalue weighted by molar-refractivity contribution is 9.10. The minimum atomic E-state index is -0.451. The van der Waals surface area contributed by atoms with Gasteiger partial charge in [-0.2, -0.15) is 11.8 Å². The van der Waals surface area contributed by atoms with E-state index in [0.717, 1.165) is 27.9 Å². The summed E-state index contributed by atoms with van der Waals surface area (Å²) < 4.78 is 1.01. The second-order valence-corrected chi connectivity index (χ2v) is 6.52. The molecule has 4 heteroatoms. The first-order valence-corrected chi connectivity index (χ1v) is 8.35. The van der Waals surface area contributed by atoms with Crippen molar-refractivity contribution in [1.82, 2.24) is 0 Å². The fourth-order valence-corrected chi connectivity index (χ4v) is 2.86. The van der Waals surface area contributed by atoms with Crippen LogP contribution in [0.2, 0.25) is 0 Å². The second-order valence-electron chi connectivity index (χ2n) is 4.62. The quantitative estimate of drug-likeness (QED) is 0.849. The van der Waals surface area contributed by atoms with Crippen molar-refractivity contribution in [2.75, 3.05) is 24.0 Å². The predicted molar refractivity (Wildman–Crippen MR) is 85.6 cm³/mol. The molecule has 0 fully saturated rings. The Bertz CT molecular complexity index is 384. The first-order valence-electron chi connectivity index (χ1n) is 6.16. The van der Waals surface area contributed by atoms with Gasteiger partial charge in [-0.1, -0.05) is 15.9 Å². The van der Waals surface area contributed by atoms with E-state index in [1.54, 1.807) is 0 Å². The van der Waals surface area contributed by atoms with Crippen LogP contribution in [-0.4, -0.2) is 30.2 Å². The number of aliphatic hydroxyl groups excluding tert-OH is 1. The van der Waals surface area contributed by atoms with Gasteiger partial charge in [-0.3, -0.25) is 0 Å². The number of halogens is 1. The highest BCUT2D eigenvalue weighted by Crippen LogP contribution is 2.30. The largest absolute Gasteiger partial charge is 0.389 e. The van der Waals surface area contributed by atoms with Crippen molar-refractivity contribution in [2.24, 2.45) is 0 Å². The molecule has 0 saturated carbocycles. The topological polar surface area (TPSA) is 23.5 Å². The van der Waals surface area contributed by atoms with Gasteiger partial charge in [0.15, 0.2) is 0 Å². The van der Waals surface area contributed by atoms with Crippen LogP contribution in [0.3, 0.4) is 0 Å². The lowest BCUT2D eigenvalue weighted by Gasteiger charge is -2.30. The summed E-state index contributed by atoms with van der Waals surface area (Å²) in [6.45, 7) is 4.04. The van der Waals surface area contributed by atoms with Crippen LogP contribution in [0.5, 0.6) is 0 Å². The van der Waals surface area contributed by atoms with Gasteiger partial charge in [-0.15, -0.1) is 0 Å². The predicted octanol–water partition coefficient (Wildman–Crippen LogP) is 4.08. The zero-order valence-electron chi connectivity index (χ0n) is 11.5. The first-order chi connectivity index (χ1) is 8.47. The molecule has 1 aromatic carbocycles. The molecular formula is C14H22BrNOS. The summed E-state index contributed by atoms with van der Waals surface area (Å²) in [5.41, 5.74) is 2.09. The maximum Gasteiger partial charge on any atom is 0.0782 e. The highest BCUT2D eigenvalue weighted by Gasteiger charge is 2.16. The van der Waals surface area contributed by atoms with Crippen LogP contribution in [0, 0.1) is 0 Å². The van der Waals surface area contributed by atoms with Gasteiger partial charge in [-0.05, 0) is 50.5 Å². The Balaban J connectivity index is 2.93. The van der Waals surface area contributed by atoms with E-state index in [9.17, 15) is 5.11 Å². The maximum absolute atomic E-state index is 9.88. The number of rotatable bonds is 6. The van der Waals surface area contributed by atoms with Gasteiger partial charge in [0.25, 0.3) is 0 Å². The van der Waals surface area contributed by atoms with E-state index in [0.29, 0.717) is 6.04 Å². The molecule has 0 aromatic heterocycles. The summed E-state index contributed by atoms with van der Waals surface area (Å²) in [5.74, 6) is 1.16. The number of benzene rings is 1. The second kappa shape index (κ2) is 7.41. The molecule has 2 nitrogen and oxygen atoms in total. The summed E-state index contributed by atoms with van der Waals surface area (Å²) in [6.07, 6.45) is 2.83. The first kappa shape index (κ1) is 15.9. The zero-order valence-corrected chi connectivity index (χ0v) is 13.9. The van der Waals surface area contributed by atoms with Crippen LogP contribution in [0.15, 0.2) is 22.7 Å². The third-order valence-corrected chi connectivity index (χ3v) is 4.36. The van der Waals surface area contributed by atoms with Crippen LogP contribution < -0.4 is 4.90 Å². The van der Waals surface area contributed by atoms with Gasteiger partial charge in [0.1, 0.15) is 0 Å². The van der Waals surface area contributed by atoms with Crippen LogP contribution >= 0.6 is 27.7 Å². The van der Waals surface area contributed by atoms with E-state index in [4.69, 9.17) is 0 Å². The Labute approximate surface area is 123 Å². The number of anilines is 1. The lowest BCUT2D eigenvalue weighted by atomic mass is 10.1. The van der Waals surface area contributed by atoms with Gasteiger partial charge in [0.05, 0.1) is 6.10 Å². The number of hydrogen-bond acceptors (Lipinski definition) is 3. The van der Waals surface area contributed by atoms with E-state index in [-0.39, 0.29) is 0 Å². The molecule has 0 amide bonds. The Kier molecular flexibility index (Phi) is 6.53. The molecule has 0 saturated heterocycles. The van der Waals surface area contributed by atoms with Crippen molar-refractivity contribution in [3.05, 3.63) is 28.2 Å².